The molecule has 0 unspecified atom stereocenters. The van der Waals surface area contributed by atoms with Gasteiger partial charge in [0.1, 0.15) is 5.75 Å². The summed E-state index contributed by atoms with van der Waals surface area (Å²) in [6.07, 6.45) is 0.919. The summed E-state index contributed by atoms with van der Waals surface area (Å²) in [7, 11) is 0. The molecule has 2 rings (SSSR count). The van der Waals surface area contributed by atoms with Gasteiger partial charge in [0, 0.05) is 22.9 Å². The molecule has 0 aliphatic heterocycles. The Bertz CT molecular complexity index is 773. The smallest absolute Gasteiger partial charge is 0.255 e. The van der Waals surface area contributed by atoms with Crippen LogP contribution in [0.4, 0.5) is 11.4 Å². The average Bonchev–Trinajstić information content (AvgIpc) is 2.62. The van der Waals surface area contributed by atoms with Crippen LogP contribution in [-0.4, -0.2) is 18.4 Å². The van der Waals surface area contributed by atoms with Crippen molar-refractivity contribution in [2.75, 3.05) is 17.2 Å². The first-order valence-corrected chi connectivity index (χ1v) is 9.34. The van der Waals surface area contributed by atoms with E-state index in [0.717, 1.165) is 10.9 Å². The van der Waals surface area contributed by atoms with Crippen molar-refractivity contribution in [1.29, 1.82) is 0 Å². The number of carbonyl (C=O) groups is 2. The second kappa shape index (κ2) is 9.38. The molecule has 0 aromatic heterocycles. The van der Waals surface area contributed by atoms with Crippen molar-refractivity contribution in [1.82, 2.24) is 0 Å². The highest BCUT2D eigenvalue weighted by Gasteiger charge is 2.10. The van der Waals surface area contributed by atoms with Crippen LogP contribution in [0.25, 0.3) is 0 Å². The van der Waals surface area contributed by atoms with E-state index in [1.54, 1.807) is 42.5 Å². The Morgan fingerprint density at radius 3 is 2.19 bits per heavy atom. The van der Waals surface area contributed by atoms with Crippen LogP contribution >= 0.6 is 15.9 Å². The summed E-state index contributed by atoms with van der Waals surface area (Å²) in [6.45, 7) is 6.33. The number of halogens is 1. The molecule has 26 heavy (non-hydrogen) atoms. The molecule has 0 fully saturated rings. The minimum absolute atomic E-state index is 0.0444. The minimum Gasteiger partial charge on any atom is -0.492 e. The van der Waals surface area contributed by atoms with Gasteiger partial charge in [0.25, 0.3) is 5.91 Å². The number of hydrogen-bond acceptors (Lipinski definition) is 3. The van der Waals surface area contributed by atoms with E-state index in [1.807, 2.05) is 20.8 Å². The lowest BCUT2D eigenvalue weighted by Crippen LogP contribution is -2.17. The molecular formula is C20H23BrN2O3. The summed E-state index contributed by atoms with van der Waals surface area (Å²) in [4.78, 5) is 24.1. The van der Waals surface area contributed by atoms with Gasteiger partial charge in [0.15, 0.2) is 0 Å². The molecule has 0 saturated carbocycles. The molecule has 138 valence electrons. The molecule has 2 aromatic rings. The van der Waals surface area contributed by atoms with Crippen LogP contribution in [0.1, 0.15) is 37.6 Å². The number of amides is 2. The predicted molar refractivity (Wildman–Crippen MR) is 108 cm³/mol. The van der Waals surface area contributed by atoms with Crippen LogP contribution in [-0.2, 0) is 4.79 Å². The van der Waals surface area contributed by atoms with Crippen LogP contribution in [0.2, 0.25) is 0 Å². The van der Waals surface area contributed by atoms with E-state index in [1.165, 1.54) is 0 Å². The molecule has 0 heterocycles. The van der Waals surface area contributed by atoms with E-state index < -0.39 is 0 Å². The normalized spacial score (nSPS) is 10.5. The van der Waals surface area contributed by atoms with Gasteiger partial charge in [0.05, 0.1) is 11.1 Å². The van der Waals surface area contributed by atoms with Crippen molar-refractivity contribution in [2.45, 2.75) is 27.2 Å². The second-order valence-electron chi connectivity index (χ2n) is 6.17. The first-order valence-electron chi connectivity index (χ1n) is 8.55. The van der Waals surface area contributed by atoms with E-state index in [4.69, 9.17) is 4.74 Å². The molecule has 0 saturated heterocycles. The van der Waals surface area contributed by atoms with Crippen molar-refractivity contribution >= 4 is 39.1 Å². The third-order valence-corrected chi connectivity index (χ3v) is 4.21. The Kier molecular flexibility index (Phi) is 7.21. The van der Waals surface area contributed by atoms with Gasteiger partial charge in [0.2, 0.25) is 5.91 Å². The summed E-state index contributed by atoms with van der Waals surface area (Å²) >= 11 is 3.43. The fraction of sp³-hybridized carbons (Fsp3) is 0.300. The van der Waals surface area contributed by atoms with Crippen LogP contribution < -0.4 is 15.4 Å². The van der Waals surface area contributed by atoms with Gasteiger partial charge in [-0.05, 0) is 64.8 Å². The number of rotatable bonds is 7. The maximum absolute atomic E-state index is 12.4. The lowest BCUT2D eigenvalue weighted by molar-refractivity contribution is -0.118. The fourth-order valence-corrected chi connectivity index (χ4v) is 2.59. The summed E-state index contributed by atoms with van der Waals surface area (Å²) in [5, 5.41) is 5.65. The molecule has 0 bridgehead atoms. The molecule has 0 aliphatic carbocycles. The maximum Gasteiger partial charge on any atom is 0.255 e. The monoisotopic (exact) mass is 418 g/mol. The van der Waals surface area contributed by atoms with Crippen LogP contribution in [0.3, 0.4) is 0 Å². The van der Waals surface area contributed by atoms with Crippen molar-refractivity contribution in [2.24, 2.45) is 5.92 Å². The largest absolute Gasteiger partial charge is 0.492 e. The van der Waals surface area contributed by atoms with Gasteiger partial charge in [-0.1, -0.05) is 20.8 Å². The highest BCUT2D eigenvalue weighted by atomic mass is 79.9. The lowest BCUT2D eigenvalue weighted by atomic mass is 10.2. The zero-order valence-corrected chi connectivity index (χ0v) is 16.7. The molecule has 0 aliphatic rings. The van der Waals surface area contributed by atoms with E-state index in [9.17, 15) is 9.59 Å². The first kappa shape index (κ1) is 20.0. The van der Waals surface area contributed by atoms with Gasteiger partial charge >= 0.3 is 0 Å². The fourth-order valence-electron chi connectivity index (χ4n) is 2.10. The standard InChI is InChI=1S/C20H23BrN2O3/c1-4-11-26-18-10-5-14(12-17(18)21)20(25)23-16-8-6-15(7-9-16)22-19(24)13(2)3/h5-10,12-13H,4,11H2,1-3H3,(H,22,24)(H,23,25). The molecule has 0 radical (unpaired) electrons. The number of anilines is 2. The molecular weight excluding hydrogens is 396 g/mol. The Hall–Kier alpha value is -2.34. The maximum atomic E-state index is 12.4. The Balaban J connectivity index is 2.01. The van der Waals surface area contributed by atoms with E-state index in [0.29, 0.717) is 29.3 Å². The van der Waals surface area contributed by atoms with Gasteiger partial charge in [-0.3, -0.25) is 9.59 Å². The summed E-state index contributed by atoms with van der Waals surface area (Å²) in [5.74, 6) is 0.370. The summed E-state index contributed by atoms with van der Waals surface area (Å²) in [5.41, 5.74) is 1.87. The van der Waals surface area contributed by atoms with Gasteiger partial charge < -0.3 is 15.4 Å². The topological polar surface area (TPSA) is 67.4 Å². The second-order valence-corrected chi connectivity index (χ2v) is 7.02. The van der Waals surface area contributed by atoms with Crippen molar-refractivity contribution in [3.63, 3.8) is 0 Å². The molecule has 2 N–H and O–H groups in total. The van der Waals surface area contributed by atoms with Gasteiger partial charge in [-0.15, -0.1) is 0 Å². The third-order valence-electron chi connectivity index (χ3n) is 3.59. The zero-order chi connectivity index (χ0) is 19.1. The molecule has 6 heteroatoms. The minimum atomic E-state index is -0.216. The number of ether oxygens (including phenoxy) is 1. The van der Waals surface area contributed by atoms with Gasteiger partial charge in [-0.25, -0.2) is 0 Å². The molecule has 2 aromatic carbocycles. The highest BCUT2D eigenvalue weighted by molar-refractivity contribution is 9.10. The molecule has 2 amide bonds. The zero-order valence-electron chi connectivity index (χ0n) is 15.1. The van der Waals surface area contributed by atoms with Crippen LogP contribution in [0, 0.1) is 5.92 Å². The van der Waals surface area contributed by atoms with E-state index in [2.05, 4.69) is 26.6 Å². The average molecular weight is 419 g/mol. The molecule has 5 nitrogen and oxygen atoms in total. The Labute approximate surface area is 162 Å². The summed E-state index contributed by atoms with van der Waals surface area (Å²) < 4.78 is 6.33. The molecule has 0 spiro atoms. The van der Waals surface area contributed by atoms with Crippen LogP contribution in [0.5, 0.6) is 5.75 Å². The number of nitrogens with one attached hydrogen (secondary N) is 2. The number of hydrogen-bond donors (Lipinski definition) is 2. The lowest BCUT2D eigenvalue weighted by Gasteiger charge is -2.11. The van der Waals surface area contributed by atoms with Crippen LogP contribution in [0.15, 0.2) is 46.9 Å². The number of benzene rings is 2. The first-order chi connectivity index (χ1) is 12.4. The van der Waals surface area contributed by atoms with E-state index >= 15 is 0 Å². The summed E-state index contributed by atoms with van der Waals surface area (Å²) in [6, 6.07) is 12.3. The molecule has 0 atom stereocenters. The SMILES string of the molecule is CCCOc1ccc(C(=O)Nc2ccc(NC(=O)C(C)C)cc2)cc1Br. The predicted octanol–water partition coefficient (Wildman–Crippen LogP) is 5.08. The van der Waals surface area contributed by atoms with E-state index in [-0.39, 0.29) is 17.7 Å². The third kappa shape index (κ3) is 5.59. The Morgan fingerprint density at radius 1 is 1.04 bits per heavy atom. The number of carbonyl (C=O) groups excluding carboxylic acids is 2. The van der Waals surface area contributed by atoms with Crippen molar-refractivity contribution in [3.8, 4) is 5.75 Å². The quantitative estimate of drug-likeness (QED) is 0.658. The Morgan fingerprint density at radius 2 is 1.65 bits per heavy atom. The van der Waals surface area contributed by atoms with Crippen molar-refractivity contribution in [3.05, 3.63) is 52.5 Å². The van der Waals surface area contributed by atoms with Gasteiger partial charge in [-0.2, -0.15) is 0 Å². The highest BCUT2D eigenvalue weighted by Crippen LogP contribution is 2.26. The van der Waals surface area contributed by atoms with Crippen molar-refractivity contribution < 1.29 is 14.3 Å².